The minimum Gasteiger partial charge on any atom is -0.493 e. The van der Waals surface area contributed by atoms with Crippen LogP contribution in [0.5, 0.6) is 11.5 Å². The van der Waals surface area contributed by atoms with Crippen molar-refractivity contribution in [1.29, 1.82) is 0 Å². The number of thiocarbonyl (C=S) groups is 1. The SMILES string of the molecule is CCOc1cc(Br)c(/C=N/NC(N)=S)cc1OC. The Balaban J connectivity index is 2.99. The predicted molar refractivity (Wildman–Crippen MR) is 79.4 cm³/mol. The number of nitrogens with one attached hydrogen (secondary N) is 1. The minimum absolute atomic E-state index is 0.111. The standard InChI is InChI=1S/C11H14BrN3O2S/c1-3-17-10-5-8(12)7(4-9(10)16-2)6-14-15-11(13)18/h4-6H,3H2,1-2H3,(H3,13,15,18)/b14-6+. The van der Waals surface area contributed by atoms with E-state index in [-0.39, 0.29) is 5.11 Å². The maximum atomic E-state index is 5.45. The summed E-state index contributed by atoms with van der Waals surface area (Å²) in [6, 6.07) is 3.63. The second-order valence-corrected chi connectivity index (χ2v) is 4.49. The molecule has 7 heteroatoms. The third kappa shape index (κ3) is 4.15. The van der Waals surface area contributed by atoms with Gasteiger partial charge in [-0.15, -0.1) is 0 Å². The van der Waals surface area contributed by atoms with Gasteiger partial charge in [0, 0.05) is 10.0 Å². The van der Waals surface area contributed by atoms with Crippen molar-refractivity contribution in [2.24, 2.45) is 10.8 Å². The number of nitrogens with two attached hydrogens (primary N) is 1. The van der Waals surface area contributed by atoms with Crippen LogP contribution in [-0.4, -0.2) is 25.0 Å². The molecule has 0 aliphatic carbocycles. The van der Waals surface area contributed by atoms with Gasteiger partial charge in [0.25, 0.3) is 0 Å². The molecule has 98 valence electrons. The van der Waals surface area contributed by atoms with Gasteiger partial charge >= 0.3 is 0 Å². The molecule has 0 atom stereocenters. The van der Waals surface area contributed by atoms with Crippen LogP contribution in [0.3, 0.4) is 0 Å². The molecule has 0 fully saturated rings. The molecule has 0 saturated carbocycles. The Morgan fingerprint density at radius 2 is 2.28 bits per heavy atom. The molecular weight excluding hydrogens is 318 g/mol. The second-order valence-electron chi connectivity index (χ2n) is 3.19. The summed E-state index contributed by atoms with van der Waals surface area (Å²) in [4.78, 5) is 0. The van der Waals surface area contributed by atoms with Crippen LogP contribution >= 0.6 is 28.1 Å². The molecule has 0 unspecified atom stereocenters. The fraction of sp³-hybridized carbons (Fsp3) is 0.273. The molecule has 0 aliphatic heterocycles. The lowest BCUT2D eigenvalue weighted by Crippen LogP contribution is -2.24. The van der Waals surface area contributed by atoms with Crippen LogP contribution in [0.2, 0.25) is 0 Å². The van der Waals surface area contributed by atoms with E-state index in [0.29, 0.717) is 18.1 Å². The Kier molecular flexibility index (Phi) is 5.87. The number of hydrazone groups is 1. The molecule has 0 bridgehead atoms. The predicted octanol–water partition coefficient (Wildman–Crippen LogP) is 2.02. The van der Waals surface area contributed by atoms with E-state index in [1.54, 1.807) is 19.4 Å². The van der Waals surface area contributed by atoms with E-state index >= 15 is 0 Å². The highest BCUT2D eigenvalue weighted by atomic mass is 79.9. The van der Waals surface area contributed by atoms with E-state index in [4.69, 9.17) is 15.2 Å². The number of halogens is 1. The lowest BCUT2D eigenvalue weighted by Gasteiger charge is -2.11. The Morgan fingerprint density at radius 3 is 2.83 bits per heavy atom. The molecule has 5 nitrogen and oxygen atoms in total. The van der Waals surface area contributed by atoms with Crippen molar-refractivity contribution in [3.63, 3.8) is 0 Å². The number of hydrogen-bond acceptors (Lipinski definition) is 4. The van der Waals surface area contributed by atoms with Gasteiger partial charge in [0.15, 0.2) is 16.6 Å². The molecule has 0 saturated heterocycles. The largest absolute Gasteiger partial charge is 0.493 e. The van der Waals surface area contributed by atoms with E-state index in [2.05, 4.69) is 38.7 Å². The molecule has 0 amide bonds. The fourth-order valence-electron chi connectivity index (χ4n) is 1.24. The van der Waals surface area contributed by atoms with Gasteiger partial charge in [0.1, 0.15) is 0 Å². The molecule has 0 aromatic heterocycles. The first-order chi connectivity index (χ1) is 8.58. The smallest absolute Gasteiger partial charge is 0.184 e. The van der Waals surface area contributed by atoms with Crippen LogP contribution in [-0.2, 0) is 0 Å². The summed E-state index contributed by atoms with van der Waals surface area (Å²) in [6.45, 7) is 2.48. The van der Waals surface area contributed by atoms with Crippen LogP contribution in [0.25, 0.3) is 0 Å². The van der Waals surface area contributed by atoms with Gasteiger partial charge in [0.05, 0.1) is 19.9 Å². The quantitative estimate of drug-likeness (QED) is 0.491. The Morgan fingerprint density at radius 1 is 1.56 bits per heavy atom. The molecular formula is C11H14BrN3O2S. The molecule has 1 aromatic carbocycles. The maximum Gasteiger partial charge on any atom is 0.184 e. The summed E-state index contributed by atoms with van der Waals surface area (Å²) in [5.41, 5.74) is 8.57. The average Bonchev–Trinajstić information content (AvgIpc) is 2.32. The van der Waals surface area contributed by atoms with E-state index in [0.717, 1.165) is 10.0 Å². The van der Waals surface area contributed by atoms with E-state index in [1.807, 2.05) is 13.0 Å². The molecule has 18 heavy (non-hydrogen) atoms. The first-order valence-corrected chi connectivity index (χ1v) is 6.37. The van der Waals surface area contributed by atoms with Crippen molar-refractivity contribution in [3.8, 4) is 11.5 Å². The monoisotopic (exact) mass is 331 g/mol. The van der Waals surface area contributed by atoms with Crippen molar-refractivity contribution in [3.05, 3.63) is 22.2 Å². The van der Waals surface area contributed by atoms with Gasteiger partial charge in [0.2, 0.25) is 0 Å². The molecule has 0 aliphatic rings. The van der Waals surface area contributed by atoms with Crippen molar-refractivity contribution in [2.45, 2.75) is 6.92 Å². The maximum absolute atomic E-state index is 5.45. The second kappa shape index (κ2) is 7.17. The highest BCUT2D eigenvalue weighted by Gasteiger charge is 2.08. The lowest BCUT2D eigenvalue weighted by atomic mass is 10.2. The van der Waals surface area contributed by atoms with Gasteiger partial charge in [-0.05, 0) is 47.2 Å². The van der Waals surface area contributed by atoms with Crippen LogP contribution in [0.1, 0.15) is 12.5 Å². The first-order valence-electron chi connectivity index (χ1n) is 5.17. The lowest BCUT2D eigenvalue weighted by molar-refractivity contribution is 0.310. The van der Waals surface area contributed by atoms with Crippen molar-refractivity contribution in [2.75, 3.05) is 13.7 Å². The Labute approximate surface area is 119 Å². The highest BCUT2D eigenvalue weighted by molar-refractivity contribution is 9.10. The molecule has 0 radical (unpaired) electrons. The van der Waals surface area contributed by atoms with Crippen molar-refractivity contribution >= 4 is 39.5 Å². The van der Waals surface area contributed by atoms with Crippen LogP contribution < -0.4 is 20.6 Å². The molecule has 3 N–H and O–H groups in total. The van der Waals surface area contributed by atoms with Gasteiger partial charge in [-0.2, -0.15) is 5.10 Å². The van der Waals surface area contributed by atoms with E-state index < -0.39 is 0 Å². The van der Waals surface area contributed by atoms with Gasteiger partial charge in [-0.3, -0.25) is 5.43 Å². The Hall–Kier alpha value is -1.34. The fourth-order valence-corrected chi connectivity index (χ4v) is 1.72. The summed E-state index contributed by atoms with van der Waals surface area (Å²) in [5.74, 6) is 1.31. The number of rotatable bonds is 5. The molecule has 1 rings (SSSR count). The molecule has 1 aromatic rings. The van der Waals surface area contributed by atoms with E-state index in [9.17, 15) is 0 Å². The van der Waals surface area contributed by atoms with Gasteiger partial charge < -0.3 is 15.2 Å². The zero-order valence-corrected chi connectivity index (χ0v) is 12.5. The third-order valence-corrected chi connectivity index (χ3v) is 2.74. The zero-order chi connectivity index (χ0) is 13.5. The summed E-state index contributed by atoms with van der Waals surface area (Å²) in [5, 5.41) is 4.00. The average molecular weight is 332 g/mol. The highest BCUT2D eigenvalue weighted by Crippen LogP contribution is 2.32. The minimum atomic E-state index is 0.111. The van der Waals surface area contributed by atoms with Crippen molar-refractivity contribution in [1.82, 2.24) is 5.43 Å². The summed E-state index contributed by atoms with van der Waals surface area (Å²) in [7, 11) is 1.58. The first kappa shape index (κ1) is 14.7. The Bertz CT molecular complexity index is 466. The van der Waals surface area contributed by atoms with Crippen LogP contribution in [0.4, 0.5) is 0 Å². The summed E-state index contributed by atoms with van der Waals surface area (Å²) < 4.78 is 11.5. The van der Waals surface area contributed by atoms with Gasteiger partial charge in [-0.25, -0.2) is 0 Å². The number of hydrogen-bond donors (Lipinski definition) is 2. The van der Waals surface area contributed by atoms with Crippen LogP contribution in [0, 0.1) is 0 Å². The normalized spacial score (nSPS) is 10.4. The molecule has 0 heterocycles. The number of ether oxygens (including phenoxy) is 2. The van der Waals surface area contributed by atoms with Gasteiger partial charge in [-0.1, -0.05) is 0 Å². The number of benzene rings is 1. The topological polar surface area (TPSA) is 68.9 Å². The number of nitrogens with zero attached hydrogens (tertiary/aromatic N) is 1. The van der Waals surface area contributed by atoms with Crippen LogP contribution in [0.15, 0.2) is 21.7 Å². The van der Waals surface area contributed by atoms with E-state index in [1.165, 1.54) is 0 Å². The van der Waals surface area contributed by atoms with Crippen molar-refractivity contribution < 1.29 is 9.47 Å². The zero-order valence-electron chi connectivity index (χ0n) is 10.1. The summed E-state index contributed by atoms with van der Waals surface area (Å²) >= 11 is 8.07. The third-order valence-electron chi connectivity index (χ3n) is 1.96. The molecule has 0 spiro atoms. The summed E-state index contributed by atoms with van der Waals surface area (Å²) in [6.07, 6.45) is 1.58. The number of methoxy groups -OCH3 is 1.